The second kappa shape index (κ2) is 8.47. The summed E-state index contributed by atoms with van der Waals surface area (Å²) >= 11 is 0. The minimum atomic E-state index is -0.829. The molecule has 0 spiro atoms. The molecule has 0 aliphatic rings. The maximum atomic E-state index is 12.5. The fourth-order valence-corrected chi connectivity index (χ4v) is 2.82. The number of amides is 1. The van der Waals surface area contributed by atoms with Gasteiger partial charge >= 0.3 is 5.76 Å². The molecule has 0 radical (unpaired) electrons. The van der Waals surface area contributed by atoms with Gasteiger partial charge in [0.2, 0.25) is 5.91 Å². The number of benzene rings is 2. The van der Waals surface area contributed by atoms with Crippen LogP contribution in [0.4, 0.5) is 11.4 Å². The molecule has 11 nitrogen and oxygen atoms in total. The van der Waals surface area contributed by atoms with Crippen LogP contribution in [0.1, 0.15) is 5.56 Å². The van der Waals surface area contributed by atoms with Crippen LogP contribution in [0, 0.1) is 17.0 Å². The van der Waals surface area contributed by atoms with E-state index in [0.29, 0.717) is 22.6 Å². The molecule has 0 saturated carbocycles. The van der Waals surface area contributed by atoms with Crippen LogP contribution in [0.5, 0.6) is 11.5 Å². The van der Waals surface area contributed by atoms with Gasteiger partial charge in [-0.1, -0.05) is 11.2 Å². The standard InChI is InChI=1S/C19H18N4O7/c1-11-4-6-13(9-14(11)23(26)27)20-17(24)10-22-18(21-30-19(22)25)12-5-7-15(28-2)16(8-12)29-3/h4-9H,10H2,1-3H3,(H,20,24). The number of rotatable bonds is 7. The van der Waals surface area contributed by atoms with Crippen LogP contribution in [0.3, 0.4) is 0 Å². The first-order valence-corrected chi connectivity index (χ1v) is 8.68. The first-order chi connectivity index (χ1) is 14.3. The number of aromatic nitrogens is 2. The highest BCUT2D eigenvalue weighted by molar-refractivity contribution is 5.91. The molecule has 0 unspecified atom stereocenters. The summed E-state index contributed by atoms with van der Waals surface area (Å²) in [6.07, 6.45) is 0. The summed E-state index contributed by atoms with van der Waals surface area (Å²) in [7, 11) is 2.95. The van der Waals surface area contributed by atoms with E-state index >= 15 is 0 Å². The van der Waals surface area contributed by atoms with Gasteiger partial charge in [0, 0.05) is 22.9 Å². The Hall–Kier alpha value is -4.15. The molecule has 11 heteroatoms. The van der Waals surface area contributed by atoms with E-state index in [-0.39, 0.29) is 17.2 Å². The largest absolute Gasteiger partial charge is 0.493 e. The van der Waals surface area contributed by atoms with Crippen molar-refractivity contribution in [2.45, 2.75) is 13.5 Å². The Morgan fingerprint density at radius 3 is 2.60 bits per heavy atom. The van der Waals surface area contributed by atoms with Crippen LogP contribution in [-0.2, 0) is 11.3 Å². The second-order valence-corrected chi connectivity index (χ2v) is 6.23. The summed E-state index contributed by atoms with van der Waals surface area (Å²) in [5, 5.41) is 17.3. The van der Waals surface area contributed by atoms with Gasteiger partial charge in [-0.15, -0.1) is 0 Å². The zero-order valence-corrected chi connectivity index (χ0v) is 16.4. The lowest BCUT2D eigenvalue weighted by atomic mass is 10.2. The number of hydrogen-bond acceptors (Lipinski definition) is 8. The van der Waals surface area contributed by atoms with Crippen molar-refractivity contribution in [1.82, 2.24) is 9.72 Å². The van der Waals surface area contributed by atoms with E-state index in [9.17, 15) is 19.7 Å². The molecule has 1 aromatic heterocycles. The van der Waals surface area contributed by atoms with Gasteiger partial charge in [-0.25, -0.2) is 9.36 Å². The summed E-state index contributed by atoms with van der Waals surface area (Å²) in [6.45, 7) is 1.18. The van der Waals surface area contributed by atoms with E-state index in [1.54, 1.807) is 25.1 Å². The van der Waals surface area contributed by atoms with Crippen LogP contribution < -0.4 is 20.5 Å². The number of hydrogen-bond donors (Lipinski definition) is 1. The average molecular weight is 414 g/mol. The minimum absolute atomic E-state index is 0.117. The molecular weight excluding hydrogens is 396 g/mol. The molecular formula is C19H18N4O7. The van der Waals surface area contributed by atoms with Crippen LogP contribution in [-0.4, -0.2) is 34.8 Å². The quantitative estimate of drug-likeness (QED) is 0.459. The molecule has 156 valence electrons. The highest BCUT2D eigenvalue weighted by Gasteiger charge is 2.19. The molecule has 1 amide bonds. The van der Waals surface area contributed by atoms with Crippen LogP contribution in [0.15, 0.2) is 45.7 Å². The smallest absolute Gasteiger partial charge is 0.442 e. The summed E-state index contributed by atoms with van der Waals surface area (Å²) in [5.41, 5.74) is 1.04. The fourth-order valence-electron chi connectivity index (χ4n) is 2.82. The lowest BCUT2D eigenvalue weighted by molar-refractivity contribution is -0.385. The Balaban J connectivity index is 1.86. The highest BCUT2D eigenvalue weighted by Crippen LogP contribution is 2.31. The SMILES string of the molecule is COc1ccc(-c2noc(=O)n2CC(=O)Nc2ccc(C)c([N+](=O)[O-])c2)cc1OC. The fraction of sp³-hybridized carbons (Fsp3) is 0.211. The molecule has 3 rings (SSSR count). The third-order valence-corrected chi connectivity index (χ3v) is 4.32. The zero-order valence-electron chi connectivity index (χ0n) is 16.4. The van der Waals surface area contributed by atoms with Gasteiger partial charge in [0.05, 0.1) is 19.1 Å². The molecule has 0 fully saturated rings. The van der Waals surface area contributed by atoms with E-state index < -0.39 is 23.1 Å². The number of nitrogens with one attached hydrogen (secondary N) is 1. The molecule has 0 aliphatic carbocycles. The van der Waals surface area contributed by atoms with E-state index in [2.05, 4.69) is 10.5 Å². The van der Waals surface area contributed by atoms with Crippen molar-refractivity contribution in [3.05, 3.63) is 62.6 Å². The Morgan fingerprint density at radius 2 is 1.93 bits per heavy atom. The molecule has 0 aliphatic heterocycles. The molecule has 0 bridgehead atoms. The van der Waals surface area contributed by atoms with Gasteiger partial charge in [-0.3, -0.25) is 19.4 Å². The Labute approximate surface area is 170 Å². The van der Waals surface area contributed by atoms with E-state index in [0.717, 1.165) is 4.57 Å². The summed E-state index contributed by atoms with van der Waals surface area (Å²) in [6, 6.07) is 9.16. The van der Waals surface area contributed by atoms with Crippen molar-refractivity contribution in [3.63, 3.8) is 0 Å². The average Bonchev–Trinajstić information content (AvgIpc) is 3.08. The number of carbonyl (C=O) groups is 1. The second-order valence-electron chi connectivity index (χ2n) is 6.23. The third-order valence-electron chi connectivity index (χ3n) is 4.32. The number of methoxy groups -OCH3 is 2. The monoisotopic (exact) mass is 414 g/mol. The number of carbonyl (C=O) groups excluding carboxylic acids is 1. The molecule has 3 aromatic rings. The van der Waals surface area contributed by atoms with E-state index in [1.165, 1.54) is 32.4 Å². The number of nitro benzene ring substituents is 1. The van der Waals surface area contributed by atoms with Crippen molar-refractivity contribution in [3.8, 4) is 22.9 Å². The zero-order chi connectivity index (χ0) is 21.8. The van der Waals surface area contributed by atoms with Gasteiger partial charge in [-0.05, 0) is 31.2 Å². The third kappa shape index (κ3) is 4.14. The number of nitro groups is 1. The maximum Gasteiger partial charge on any atom is 0.442 e. The Kier molecular flexibility index (Phi) is 5.81. The summed E-state index contributed by atoms with van der Waals surface area (Å²) in [4.78, 5) is 35.1. The van der Waals surface area contributed by atoms with Gasteiger partial charge in [0.1, 0.15) is 6.54 Å². The molecule has 1 N–H and O–H groups in total. The lowest BCUT2D eigenvalue weighted by Gasteiger charge is -2.10. The lowest BCUT2D eigenvalue weighted by Crippen LogP contribution is -2.25. The van der Waals surface area contributed by atoms with Crippen LogP contribution >= 0.6 is 0 Å². The van der Waals surface area contributed by atoms with Crippen molar-refractivity contribution in [1.29, 1.82) is 0 Å². The molecule has 0 saturated heterocycles. The van der Waals surface area contributed by atoms with E-state index in [4.69, 9.17) is 14.0 Å². The number of nitrogens with zero attached hydrogens (tertiary/aromatic N) is 3. The number of aryl methyl sites for hydroxylation is 1. The predicted molar refractivity (Wildman–Crippen MR) is 106 cm³/mol. The summed E-state index contributed by atoms with van der Waals surface area (Å²) < 4.78 is 16.2. The number of ether oxygens (including phenoxy) is 2. The van der Waals surface area contributed by atoms with Gasteiger partial charge in [-0.2, -0.15) is 0 Å². The van der Waals surface area contributed by atoms with Crippen molar-refractivity contribution >= 4 is 17.3 Å². The Bertz CT molecular complexity index is 1170. The van der Waals surface area contributed by atoms with Gasteiger partial charge < -0.3 is 14.8 Å². The molecule has 30 heavy (non-hydrogen) atoms. The summed E-state index contributed by atoms with van der Waals surface area (Å²) in [5.74, 6) is -0.401. The predicted octanol–water partition coefficient (Wildman–Crippen LogP) is 2.38. The van der Waals surface area contributed by atoms with Crippen LogP contribution in [0.2, 0.25) is 0 Å². The van der Waals surface area contributed by atoms with Crippen molar-refractivity contribution in [2.24, 2.45) is 0 Å². The first-order valence-electron chi connectivity index (χ1n) is 8.68. The van der Waals surface area contributed by atoms with Gasteiger partial charge in [0.15, 0.2) is 17.3 Å². The molecule has 2 aromatic carbocycles. The van der Waals surface area contributed by atoms with E-state index in [1.807, 2.05) is 0 Å². The normalized spacial score (nSPS) is 10.5. The molecule has 1 heterocycles. The maximum absolute atomic E-state index is 12.5. The van der Waals surface area contributed by atoms with Crippen molar-refractivity contribution in [2.75, 3.05) is 19.5 Å². The van der Waals surface area contributed by atoms with Gasteiger partial charge in [0.25, 0.3) is 5.69 Å². The Morgan fingerprint density at radius 1 is 1.20 bits per heavy atom. The first kappa shape index (κ1) is 20.6. The number of anilines is 1. The minimum Gasteiger partial charge on any atom is -0.493 e. The molecule has 0 atom stereocenters. The van der Waals surface area contributed by atoms with Crippen molar-refractivity contribution < 1.29 is 23.7 Å². The topological polar surface area (TPSA) is 139 Å². The highest BCUT2D eigenvalue weighted by atomic mass is 16.6. The van der Waals surface area contributed by atoms with Crippen LogP contribution in [0.25, 0.3) is 11.4 Å².